The fourth-order valence-electron chi connectivity index (χ4n) is 2.67. The molecule has 0 radical (unpaired) electrons. The average Bonchev–Trinajstić information content (AvgIpc) is 2.56. The van der Waals surface area contributed by atoms with E-state index >= 15 is 0 Å². The zero-order chi connectivity index (χ0) is 14.5. The van der Waals surface area contributed by atoms with Crippen molar-refractivity contribution in [1.82, 2.24) is 15.0 Å². The number of aromatic nitrogens is 3. The first-order valence-corrected chi connectivity index (χ1v) is 7.49. The molecule has 0 bridgehead atoms. The normalized spacial score (nSPS) is 16.0. The number of rotatable bonds is 4. The molecular weight excluding hydrogens is 262 g/mol. The Labute approximate surface area is 125 Å². The van der Waals surface area contributed by atoms with E-state index in [4.69, 9.17) is 0 Å². The Bertz CT molecular complexity index is 547. The lowest BCUT2D eigenvalue weighted by Gasteiger charge is -2.33. The van der Waals surface area contributed by atoms with Crippen molar-refractivity contribution in [2.45, 2.75) is 19.8 Å². The van der Waals surface area contributed by atoms with Gasteiger partial charge >= 0.3 is 0 Å². The molecule has 0 atom stereocenters. The highest BCUT2D eigenvalue weighted by Crippen LogP contribution is 2.22. The third-order valence-electron chi connectivity index (χ3n) is 3.97. The van der Waals surface area contributed by atoms with Crippen LogP contribution in [0.4, 0.5) is 11.6 Å². The van der Waals surface area contributed by atoms with E-state index in [9.17, 15) is 0 Å². The van der Waals surface area contributed by atoms with E-state index in [1.807, 2.05) is 31.7 Å². The first-order valence-electron chi connectivity index (χ1n) is 7.49. The van der Waals surface area contributed by atoms with Crippen molar-refractivity contribution in [2.75, 3.05) is 29.9 Å². The molecule has 110 valence electrons. The van der Waals surface area contributed by atoms with Crippen LogP contribution in [-0.2, 0) is 0 Å². The third-order valence-corrected chi connectivity index (χ3v) is 3.97. The minimum absolute atomic E-state index is 0.688. The molecule has 0 saturated carbocycles. The van der Waals surface area contributed by atoms with Gasteiger partial charge in [0, 0.05) is 50.1 Å². The summed E-state index contributed by atoms with van der Waals surface area (Å²) < 4.78 is 0. The third kappa shape index (κ3) is 3.68. The second-order valence-corrected chi connectivity index (χ2v) is 5.60. The van der Waals surface area contributed by atoms with Gasteiger partial charge in [0.25, 0.3) is 0 Å². The number of pyridine rings is 1. The minimum atomic E-state index is 0.688. The summed E-state index contributed by atoms with van der Waals surface area (Å²) in [7, 11) is 0. The van der Waals surface area contributed by atoms with Crippen LogP contribution < -0.4 is 10.2 Å². The van der Waals surface area contributed by atoms with Crippen molar-refractivity contribution in [3.05, 3.63) is 42.5 Å². The monoisotopic (exact) mass is 283 g/mol. The van der Waals surface area contributed by atoms with Crippen molar-refractivity contribution in [2.24, 2.45) is 5.92 Å². The molecule has 1 aliphatic heterocycles. The van der Waals surface area contributed by atoms with E-state index in [-0.39, 0.29) is 0 Å². The van der Waals surface area contributed by atoms with E-state index in [0.29, 0.717) is 5.92 Å². The summed E-state index contributed by atoms with van der Waals surface area (Å²) in [5, 5.41) is 3.35. The summed E-state index contributed by atoms with van der Waals surface area (Å²) in [5.74, 6) is 1.42. The minimum Gasteiger partial charge on any atom is -0.371 e. The second kappa shape index (κ2) is 6.52. The molecule has 2 aromatic heterocycles. The van der Waals surface area contributed by atoms with Crippen molar-refractivity contribution in [1.29, 1.82) is 0 Å². The van der Waals surface area contributed by atoms with E-state index in [1.165, 1.54) is 18.5 Å². The van der Waals surface area contributed by atoms with Crippen molar-refractivity contribution in [3.63, 3.8) is 0 Å². The lowest BCUT2D eigenvalue weighted by atomic mass is 9.96. The predicted molar refractivity (Wildman–Crippen MR) is 84.4 cm³/mol. The molecule has 21 heavy (non-hydrogen) atoms. The fraction of sp³-hybridized carbons (Fsp3) is 0.438. The maximum atomic E-state index is 4.29. The average molecular weight is 283 g/mol. The molecule has 0 spiro atoms. The zero-order valence-corrected chi connectivity index (χ0v) is 12.4. The molecule has 0 aliphatic carbocycles. The first kappa shape index (κ1) is 13.8. The van der Waals surface area contributed by atoms with Gasteiger partial charge in [0.2, 0.25) is 5.95 Å². The summed E-state index contributed by atoms with van der Waals surface area (Å²) in [5.41, 5.74) is 2.37. The molecule has 3 rings (SSSR count). The van der Waals surface area contributed by atoms with Gasteiger partial charge in [0.05, 0.1) is 0 Å². The Balaban J connectivity index is 1.47. The van der Waals surface area contributed by atoms with E-state index in [0.717, 1.165) is 31.1 Å². The quantitative estimate of drug-likeness (QED) is 0.934. The fourth-order valence-corrected chi connectivity index (χ4v) is 2.67. The van der Waals surface area contributed by atoms with Gasteiger partial charge in [-0.25, -0.2) is 9.97 Å². The van der Waals surface area contributed by atoms with E-state index < -0.39 is 0 Å². The molecule has 0 unspecified atom stereocenters. The van der Waals surface area contributed by atoms with Crippen molar-refractivity contribution in [3.8, 4) is 0 Å². The summed E-state index contributed by atoms with van der Waals surface area (Å²) in [6, 6.07) is 4.16. The maximum absolute atomic E-state index is 4.29. The van der Waals surface area contributed by atoms with E-state index in [2.05, 4.69) is 37.3 Å². The van der Waals surface area contributed by atoms with Gasteiger partial charge in [0.15, 0.2) is 0 Å². The zero-order valence-electron chi connectivity index (χ0n) is 12.4. The first-order chi connectivity index (χ1) is 10.3. The van der Waals surface area contributed by atoms with Crippen LogP contribution in [0.1, 0.15) is 18.4 Å². The molecular formula is C16H21N5. The van der Waals surface area contributed by atoms with Gasteiger partial charge in [0.1, 0.15) is 0 Å². The molecule has 0 amide bonds. The second-order valence-electron chi connectivity index (χ2n) is 5.60. The van der Waals surface area contributed by atoms with E-state index in [1.54, 1.807) is 0 Å². The Morgan fingerprint density at radius 3 is 2.48 bits per heavy atom. The number of hydrogen-bond donors (Lipinski definition) is 1. The highest BCUT2D eigenvalue weighted by molar-refractivity contribution is 5.44. The summed E-state index contributed by atoms with van der Waals surface area (Å²) in [6.07, 6.45) is 9.81. The van der Waals surface area contributed by atoms with Gasteiger partial charge in [-0.05, 0) is 43.4 Å². The largest absolute Gasteiger partial charge is 0.371 e. The van der Waals surface area contributed by atoms with Gasteiger partial charge < -0.3 is 10.2 Å². The smallest absolute Gasteiger partial charge is 0.222 e. The summed E-state index contributed by atoms with van der Waals surface area (Å²) in [4.78, 5) is 15.1. The van der Waals surface area contributed by atoms with Gasteiger partial charge in [-0.2, -0.15) is 0 Å². The van der Waals surface area contributed by atoms with Gasteiger partial charge in [-0.3, -0.25) is 4.98 Å². The highest BCUT2D eigenvalue weighted by Gasteiger charge is 2.19. The Hall–Kier alpha value is -2.17. The lowest BCUT2D eigenvalue weighted by Crippen LogP contribution is -2.35. The Morgan fingerprint density at radius 1 is 1.14 bits per heavy atom. The maximum Gasteiger partial charge on any atom is 0.222 e. The number of nitrogens with zero attached hydrogens (tertiary/aromatic N) is 4. The van der Waals surface area contributed by atoms with Crippen LogP contribution in [0.15, 0.2) is 36.9 Å². The van der Waals surface area contributed by atoms with Crippen molar-refractivity contribution >= 4 is 11.6 Å². The predicted octanol–water partition coefficient (Wildman–Crippen LogP) is 2.51. The summed E-state index contributed by atoms with van der Waals surface area (Å²) in [6.45, 7) is 5.15. The number of anilines is 2. The molecule has 1 saturated heterocycles. The molecule has 2 aromatic rings. The number of hydrogen-bond acceptors (Lipinski definition) is 5. The van der Waals surface area contributed by atoms with Crippen LogP contribution in [0.3, 0.4) is 0 Å². The van der Waals surface area contributed by atoms with Gasteiger partial charge in [-0.15, -0.1) is 0 Å². The molecule has 3 heterocycles. The number of nitrogens with one attached hydrogen (secondary N) is 1. The van der Waals surface area contributed by atoms with Crippen LogP contribution in [0.2, 0.25) is 0 Å². The molecule has 1 fully saturated rings. The standard InChI is InChI=1S/C16H21N5/c1-13-10-18-16(19-11-13)20-12-14-4-8-21(9-5-14)15-2-6-17-7-3-15/h2-3,6-7,10-11,14H,4-5,8-9,12H2,1H3,(H,18,19,20). The molecule has 0 aromatic carbocycles. The van der Waals surface area contributed by atoms with Crippen LogP contribution in [-0.4, -0.2) is 34.6 Å². The SMILES string of the molecule is Cc1cnc(NCC2CCN(c3ccncc3)CC2)nc1. The van der Waals surface area contributed by atoms with Crippen LogP contribution >= 0.6 is 0 Å². The van der Waals surface area contributed by atoms with Crippen LogP contribution in [0.25, 0.3) is 0 Å². The molecule has 5 heteroatoms. The topological polar surface area (TPSA) is 53.9 Å². The highest BCUT2D eigenvalue weighted by atomic mass is 15.1. The lowest BCUT2D eigenvalue weighted by molar-refractivity contribution is 0.423. The molecule has 5 nitrogen and oxygen atoms in total. The van der Waals surface area contributed by atoms with Crippen LogP contribution in [0, 0.1) is 12.8 Å². The number of aryl methyl sites for hydroxylation is 1. The Kier molecular flexibility index (Phi) is 4.28. The summed E-state index contributed by atoms with van der Waals surface area (Å²) >= 11 is 0. The molecule has 1 aliphatic rings. The van der Waals surface area contributed by atoms with Crippen LogP contribution in [0.5, 0.6) is 0 Å². The van der Waals surface area contributed by atoms with Crippen molar-refractivity contribution < 1.29 is 0 Å². The molecule has 1 N–H and O–H groups in total. The number of piperidine rings is 1. The Morgan fingerprint density at radius 2 is 1.81 bits per heavy atom. The van der Waals surface area contributed by atoms with Gasteiger partial charge in [-0.1, -0.05) is 0 Å².